The summed E-state index contributed by atoms with van der Waals surface area (Å²) in [6, 6.07) is 1.94. The lowest BCUT2D eigenvalue weighted by Crippen LogP contribution is -2.13. The molecule has 1 aromatic rings. The molecule has 1 aliphatic carbocycles. The average Bonchev–Trinajstić information content (AvgIpc) is 2.73. The van der Waals surface area contributed by atoms with Gasteiger partial charge in [-0.2, -0.15) is 0 Å². The molecule has 1 fully saturated rings. The van der Waals surface area contributed by atoms with Crippen LogP contribution in [0.1, 0.15) is 31.2 Å². The van der Waals surface area contributed by atoms with E-state index >= 15 is 0 Å². The normalized spacial score (nSPS) is 16.9. The molecule has 2 rings (SSSR count). The third-order valence-corrected chi connectivity index (χ3v) is 3.24. The SMILES string of the molecule is Cc1ccnc(NCC2CCCC2)c1N. The summed E-state index contributed by atoms with van der Waals surface area (Å²) in [6.45, 7) is 3.03. The molecule has 0 amide bonds. The van der Waals surface area contributed by atoms with E-state index in [2.05, 4.69) is 10.3 Å². The lowest BCUT2D eigenvalue weighted by molar-refractivity contribution is 0.579. The van der Waals surface area contributed by atoms with Gasteiger partial charge in [-0.3, -0.25) is 0 Å². The lowest BCUT2D eigenvalue weighted by atomic mass is 10.1. The van der Waals surface area contributed by atoms with E-state index in [1.54, 1.807) is 0 Å². The van der Waals surface area contributed by atoms with E-state index < -0.39 is 0 Å². The maximum absolute atomic E-state index is 5.94. The van der Waals surface area contributed by atoms with Crippen molar-refractivity contribution in [3.05, 3.63) is 17.8 Å². The molecule has 0 bridgehead atoms. The van der Waals surface area contributed by atoms with Crippen LogP contribution in [0.15, 0.2) is 12.3 Å². The smallest absolute Gasteiger partial charge is 0.149 e. The molecule has 82 valence electrons. The van der Waals surface area contributed by atoms with Crippen LogP contribution in [0.25, 0.3) is 0 Å². The number of nitrogen functional groups attached to an aromatic ring is 1. The topological polar surface area (TPSA) is 50.9 Å². The minimum absolute atomic E-state index is 0.787. The van der Waals surface area contributed by atoms with Gasteiger partial charge in [0.2, 0.25) is 0 Å². The first kappa shape index (κ1) is 10.3. The van der Waals surface area contributed by atoms with Crippen LogP contribution in [0.3, 0.4) is 0 Å². The molecule has 1 saturated carbocycles. The minimum atomic E-state index is 0.787. The van der Waals surface area contributed by atoms with Crippen molar-refractivity contribution >= 4 is 11.5 Å². The van der Waals surface area contributed by atoms with E-state index in [1.165, 1.54) is 25.7 Å². The predicted molar refractivity (Wildman–Crippen MR) is 63.8 cm³/mol. The summed E-state index contributed by atoms with van der Waals surface area (Å²) >= 11 is 0. The van der Waals surface area contributed by atoms with Gasteiger partial charge in [0.05, 0.1) is 5.69 Å². The van der Waals surface area contributed by atoms with Crippen molar-refractivity contribution < 1.29 is 0 Å². The summed E-state index contributed by atoms with van der Waals surface area (Å²) in [5.41, 5.74) is 7.83. The van der Waals surface area contributed by atoms with Gasteiger partial charge in [-0.05, 0) is 37.3 Å². The van der Waals surface area contributed by atoms with Crippen LogP contribution in [0.2, 0.25) is 0 Å². The molecule has 0 radical (unpaired) electrons. The minimum Gasteiger partial charge on any atom is -0.396 e. The highest BCUT2D eigenvalue weighted by atomic mass is 15.0. The van der Waals surface area contributed by atoms with Crippen LogP contribution in [0, 0.1) is 12.8 Å². The monoisotopic (exact) mass is 205 g/mol. The Balaban J connectivity index is 1.95. The van der Waals surface area contributed by atoms with E-state index in [9.17, 15) is 0 Å². The molecule has 1 aliphatic rings. The highest BCUT2D eigenvalue weighted by molar-refractivity contribution is 5.64. The number of pyridine rings is 1. The molecule has 0 saturated heterocycles. The zero-order valence-electron chi connectivity index (χ0n) is 9.29. The van der Waals surface area contributed by atoms with E-state index in [4.69, 9.17) is 5.73 Å². The van der Waals surface area contributed by atoms with Gasteiger partial charge >= 0.3 is 0 Å². The van der Waals surface area contributed by atoms with Crippen LogP contribution in [0.4, 0.5) is 11.5 Å². The molecular weight excluding hydrogens is 186 g/mol. The molecule has 3 heteroatoms. The van der Waals surface area contributed by atoms with Crippen molar-refractivity contribution in [2.45, 2.75) is 32.6 Å². The largest absolute Gasteiger partial charge is 0.396 e. The molecule has 0 aliphatic heterocycles. The van der Waals surface area contributed by atoms with E-state index in [0.717, 1.165) is 29.5 Å². The van der Waals surface area contributed by atoms with E-state index in [1.807, 2.05) is 19.2 Å². The Hall–Kier alpha value is -1.25. The third-order valence-electron chi connectivity index (χ3n) is 3.24. The van der Waals surface area contributed by atoms with Crippen LogP contribution >= 0.6 is 0 Å². The molecular formula is C12H19N3. The molecule has 1 heterocycles. The van der Waals surface area contributed by atoms with Gasteiger partial charge < -0.3 is 11.1 Å². The number of rotatable bonds is 3. The van der Waals surface area contributed by atoms with Crippen molar-refractivity contribution in [3.63, 3.8) is 0 Å². The Morgan fingerprint density at radius 3 is 2.93 bits per heavy atom. The van der Waals surface area contributed by atoms with Crippen molar-refractivity contribution in [1.29, 1.82) is 0 Å². The van der Waals surface area contributed by atoms with Gasteiger partial charge in [-0.25, -0.2) is 4.98 Å². The van der Waals surface area contributed by atoms with Gasteiger partial charge in [0.25, 0.3) is 0 Å². The van der Waals surface area contributed by atoms with Gasteiger partial charge in [-0.15, -0.1) is 0 Å². The first-order chi connectivity index (χ1) is 7.27. The Morgan fingerprint density at radius 2 is 2.20 bits per heavy atom. The number of aryl methyl sites for hydroxylation is 1. The second kappa shape index (κ2) is 4.51. The number of aromatic nitrogens is 1. The summed E-state index contributed by atoms with van der Waals surface area (Å²) in [4.78, 5) is 4.26. The quantitative estimate of drug-likeness (QED) is 0.797. The van der Waals surface area contributed by atoms with Crippen LogP contribution in [-0.2, 0) is 0 Å². The molecule has 3 N–H and O–H groups in total. The molecule has 1 aromatic heterocycles. The maximum atomic E-state index is 5.94. The highest BCUT2D eigenvalue weighted by Crippen LogP contribution is 2.26. The molecule has 0 spiro atoms. The van der Waals surface area contributed by atoms with Crippen LogP contribution < -0.4 is 11.1 Å². The van der Waals surface area contributed by atoms with Crippen molar-refractivity contribution in [2.75, 3.05) is 17.6 Å². The fraction of sp³-hybridized carbons (Fsp3) is 0.583. The third kappa shape index (κ3) is 2.41. The van der Waals surface area contributed by atoms with Gasteiger partial charge in [-0.1, -0.05) is 12.8 Å². The van der Waals surface area contributed by atoms with E-state index in [0.29, 0.717) is 0 Å². The zero-order valence-corrected chi connectivity index (χ0v) is 9.29. The fourth-order valence-electron chi connectivity index (χ4n) is 2.17. The number of nitrogens with two attached hydrogens (primary N) is 1. The van der Waals surface area contributed by atoms with Crippen molar-refractivity contribution in [3.8, 4) is 0 Å². The first-order valence-corrected chi connectivity index (χ1v) is 5.72. The Morgan fingerprint density at radius 1 is 1.47 bits per heavy atom. The Labute approximate surface area is 91.1 Å². The molecule has 0 unspecified atom stereocenters. The first-order valence-electron chi connectivity index (χ1n) is 5.72. The van der Waals surface area contributed by atoms with Gasteiger partial charge in [0.1, 0.15) is 5.82 Å². The van der Waals surface area contributed by atoms with Gasteiger partial charge in [0, 0.05) is 12.7 Å². The average molecular weight is 205 g/mol. The Kier molecular flexibility index (Phi) is 3.09. The number of hydrogen-bond acceptors (Lipinski definition) is 3. The number of nitrogens with zero attached hydrogens (tertiary/aromatic N) is 1. The van der Waals surface area contributed by atoms with E-state index in [-0.39, 0.29) is 0 Å². The summed E-state index contributed by atoms with van der Waals surface area (Å²) in [6.07, 6.45) is 7.26. The number of hydrogen-bond donors (Lipinski definition) is 2. The summed E-state index contributed by atoms with van der Waals surface area (Å²) in [5, 5.41) is 3.36. The second-order valence-corrected chi connectivity index (χ2v) is 4.42. The molecule has 0 aromatic carbocycles. The highest BCUT2D eigenvalue weighted by Gasteiger charge is 2.15. The van der Waals surface area contributed by atoms with Crippen LogP contribution in [0.5, 0.6) is 0 Å². The Bertz CT molecular complexity index is 330. The summed E-state index contributed by atoms with van der Waals surface area (Å²) in [5.74, 6) is 1.66. The van der Waals surface area contributed by atoms with Crippen LogP contribution in [-0.4, -0.2) is 11.5 Å². The second-order valence-electron chi connectivity index (χ2n) is 4.42. The fourth-order valence-corrected chi connectivity index (χ4v) is 2.17. The summed E-state index contributed by atoms with van der Waals surface area (Å²) in [7, 11) is 0. The lowest BCUT2D eigenvalue weighted by Gasteiger charge is -2.13. The number of anilines is 2. The van der Waals surface area contributed by atoms with Gasteiger partial charge in [0.15, 0.2) is 0 Å². The summed E-state index contributed by atoms with van der Waals surface area (Å²) < 4.78 is 0. The molecule has 3 nitrogen and oxygen atoms in total. The van der Waals surface area contributed by atoms with Crippen molar-refractivity contribution in [2.24, 2.45) is 5.92 Å². The zero-order chi connectivity index (χ0) is 10.7. The predicted octanol–water partition coefficient (Wildman–Crippen LogP) is 2.57. The maximum Gasteiger partial charge on any atom is 0.149 e. The molecule has 15 heavy (non-hydrogen) atoms. The standard InChI is InChI=1S/C12H19N3/c1-9-6-7-14-12(11(9)13)15-8-10-4-2-3-5-10/h6-7,10H,2-5,8,13H2,1H3,(H,14,15). The molecule has 0 atom stereocenters. The number of nitrogens with one attached hydrogen (secondary N) is 1. The van der Waals surface area contributed by atoms with Crippen molar-refractivity contribution in [1.82, 2.24) is 4.98 Å².